The molecule has 4 aromatic carbocycles. The van der Waals surface area contributed by atoms with Crippen molar-refractivity contribution in [2.45, 2.75) is 67.3 Å². The van der Waals surface area contributed by atoms with E-state index in [2.05, 4.69) is 59.0 Å². The summed E-state index contributed by atoms with van der Waals surface area (Å²) in [6.45, 7) is 12.4. The Kier molecular flexibility index (Phi) is 25.8. The van der Waals surface area contributed by atoms with Gasteiger partial charge in [0.15, 0.2) is 23.0 Å². The van der Waals surface area contributed by atoms with Crippen LogP contribution in [0.1, 0.15) is 102 Å². The maximum Gasteiger partial charge on any atom is 0.375 e. The number of ether oxygens (including phenoxy) is 2. The Morgan fingerprint density at radius 1 is 0.468 bits per heavy atom. The Balaban J connectivity index is 0.000000172. The van der Waals surface area contributed by atoms with Gasteiger partial charge in [0.05, 0.1) is 48.1 Å². The van der Waals surface area contributed by atoms with E-state index in [4.69, 9.17) is 15.6 Å². The molecule has 7 heterocycles. The lowest BCUT2D eigenvalue weighted by Gasteiger charge is -2.08. The van der Waals surface area contributed by atoms with Crippen molar-refractivity contribution in [2.75, 3.05) is 13.2 Å². The number of esters is 2. The normalized spacial score (nSPS) is 10.4. The second kappa shape index (κ2) is 34.6. The molecule has 0 spiro atoms. The molecule has 3 N–H and O–H groups in total. The number of benzene rings is 4. The summed E-state index contributed by atoms with van der Waals surface area (Å²) in [5.41, 5.74) is 23.0. The van der Waals surface area contributed by atoms with Crippen molar-refractivity contribution in [1.29, 1.82) is 0 Å². The highest BCUT2D eigenvalue weighted by Crippen LogP contribution is 2.26. The number of aromatic carboxylic acids is 1. The molecule has 7 aromatic heterocycles. The first-order chi connectivity index (χ1) is 45.3. The number of rotatable bonds is 18. The van der Waals surface area contributed by atoms with Crippen molar-refractivity contribution in [2.24, 2.45) is 26.9 Å². The van der Waals surface area contributed by atoms with Crippen molar-refractivity contribution < 1.29 is 43.3 Å². The van der Waals surface area contributed by atoms with Gasteiger partial charge in [0.1, 0.15) is 5.69 Å². The van der Waals surface area contributed by atoms with E-state index in [1.165, 1.54) is 0 Å². The minimum Gasteiger partial charge on any atom is -0.476 e. The van der Waals surface area contributed by atoms with Crippen LogP contribution in [0.2, 0.25) is 0 Å². The number of aryl methyl sites for hydroxylation is 8. The summed E-state index contributed by atoms with van der Waals surface area (Å²) >= 11 is 0. The monoisotopic (exact) mass is 1260 g/mol. The summed E-state index contributed by atoms with van der Waals surface area (Å²) < 4.78 is 14.4. The van der Waals surface area contributed by atoms with Gasteiger partial charge in [-0.2, -0.15) is 15.3 Å². The molecule has 0 bridgehead atoms. The summed E-state index contributed by atoms with van der Waals surface area (Å²) in [7, 11) is 5.41. The Hall–Kier alpha value is -11.5. The number of ketones is 3. The van der Waals surface area contributed by atoms with Crippen molar-refractivity contribution in [3.8, 4) is 56.3 Å². The zero-order chi connectivity index (χ0) is 67.7. The van der Waals surface area contributed by atoms with E-state index in [1.54, 1.807) is 83.6 Å². The van der Waals surface area contributed by atoms with Gasteiger partial charge in [-0.1, -0.05) is 133 Å². The molecule has 11 rings (SSSR count). The van der Waals surface area contributed by atoms with Gasteiger partial charge >= 0.3 is 17.9 Å². The van der Waals surface area contributed by atoms with E-state index >= 15 is 0 Å². The molecule has 0 amide bonds. The summed E-state index contributed by atoms with van der Waals surface area (Å²) in [5.74, 6) is -3.49. The van der Waals surface area contributed by atoms with Gasteiger partial charge in [-0.15, -0.1) is 0 Å². The Morgan fingerprint density at radius 3 is 1.31 bits per heavy atom. The third-order valence-electron chi connectivity index (χ3n) is 14.2. The highest BCUT2D eigenvalue weighted by atomic mass is 16.5. The number of carbonyl (C=O) groups is 6. The van der Waals surface area contributed by atoms with Gasteiger partial charge < -0.3 is 20.3 Å². The number of carboxylic acids is 1. The highest BCUT2D eigenvalue weighted by molar-refractivity contribution is 6.38. The largest absolute Gasteiger partial charge is 0.476 e. The van der Waals surface area contributed by atoms with E-state index in [0.29, 0.717) is 42.9 Å². The molecular weight excluding hydrogens is 1190 g/mol. The van der Waals surface area contributed by atoms with E-state index in [1.807, 2.05) is 175 Å². The first-order valence-corrected chi connectivity index (χ1v) is 30.2. The quantitative estimate of drug-likeness (QED) is 0.0350. The van der Waals surface area contributed by atoms with Crippen LogP contribution in [-0.4, -0.2) is 103 Å². The predicted molar refractivity (Wildman–Crippen MR) is 360 cm³/mol. The summed E-state index contributed by atoms with van der Waals surface area (Å²) in [6, 6.07) is 55.1. The Labute approximate surface area is 546 Å². The van der Waals surface area contributed by atoms with Gasteiger partial charge in [-0.3, -0.25) is 48.4 Å². The average molecular weight is 1260 g/mol. The Morgan fingerprint density at radius 2 is 0.883 bits per heavy atom. The molecule has 0 radical (unpaired) electrons. The van der Waals surface area contributed by atoms with Crippen LogP contribution in [0.3, 0.4) is 0 Å². The summed E-state index contributed by atoms with van der Waals surface area (Å²) in [4.78, 5) is 86.2. The van der Waals surface area contributed by atoms with Crippen LogP contribution in [0, 0.1) is 27.7 Å². The number of aromatic nitrogens is 10. The van der Waals surface area contributed by atoms with Crippen LogP contribution in [0.15, 0.2) is 201 Å². The molecule has 0 fully saturated rings. The molecule has 0 unspecified atom stereocenters. The fraction of sp³-hybridized carbons (Fsp3) is 0.203. The highest BCUT2D eigenvalue weighted by Gasteiger charge is 2.21. The van der Waals surface area contributed by atoms with Crippen LogP contribution in [-0.2, 0) is 53.2 Å². The predicted octanol–water partition coefficient (Wildman–Crippen LogP) is 12.6. The molecule has 0 atom stereocenters. The SMILES string of the molecule is CCOC(=O)C(=O)CC(=O)c1ccccc1.CCOC(=O)c1cc(-c2ccccc2)n(C)n1.Cc1cc(-c2ncc(CCC(=O)c3cc(-c4ccccc4)n(C)n3)cc2C)ccn1.Cc1cc(-c2ncc(CN)cc2C)ccn1.Cn1nc(C(=O)O)cc1-c1ccccc1. The molecule has 20 heteroatoms. The van der Waals surface area contributed by atoms with Crippen molar-refractivity contribution >= 4 is 35.3 Å². The molecule has 0 aliphatic carbocycles. The number of carboxylic acid groups (broad SMARTS) is 1. The smallest absolute Gasteiger partial charge is 0.375 e. The third-order valence-corrected chi connectivity index (χ3v) is 14.2. The third kappa shape index (κ3) is 20.0. The molecule has 0 aliphatic heterocycles. The van der Waals surface area contributed by atoms with E-state index in [9.17, 15) is 28.8 Å². The van der Waals surface area contributed by atoms with Crippen molar-refractivity contribution in [3.05, 3.63) is 257 Å². The Bertz CT molecular complexity index is 4360. The number of Topliss-reactive ketones (excluding diaryl/α,β-unsaturated/α-hetero) is 3. The van der Waals surface area contributed by atoms with Crippen LogP contribution in [0.25, 0.3) is 56.3 Å². The number of nitrogens with two attached hydrogens (primary N) is 1. The average Bonchev–Trinajstić information content (AvgIpc) is 1.49. The van der Waals surface area contributed by atoms with Gasteiger partial charge in [0.2, 0.25) is 5.78 Å². The summed E-state index contributed by atoms with van der Waals surface area (Å²) in [6.07, 6.45) is 7.90. The molecule has 11 aromatic rings. The van der Waals surface area contributed by atoms with Gasteiger partial charge in [0.25, 0.3) is 0 Å². The van der Waals surface area contributed by atoms with Gasteiger partial charge in [-0.05, 0) is 129 Å². The zero-order valence-corrected chi connectivity index (χ0v) is 54.1. The van der Waals surface area contributed by atoms with Crippen LogP contribution >= 0.6 is 0 Å². The lowest BCUT2D eigenvalue weighted by Crippen LogP contribution is -2.20. The van der Waals surface area contributed by atoms with Crippen molar-refractivity contribution in [3.63, 3.8) is 0 Å². The van der Waals surface area contributed by atoms with Crippen LogP contribution < -0.4 is 5.73 Å². The summed E-state index contributed by atoms with van der Waals surface area (Å²) in [5, 5.41) is 21.3. The first-order valence-electron chi connectivity index (χ1n) is 30.2. The van der Waals surface area contributed by atoms with E-state index in [-0.39, 0.29) is 29.8 Å². The molecule has 0 saturated heterocycles. The van der Waals surface area contributed by atoms with E-state index < -0.39 is 24.1 Å². The molecule has 0 aliphatic rings. The number of pyridine rings is 4. The molecule has 94 heavy (non-hydrogen) atoms. The fourth-order valence-electron chi connectivity index (χ4n) is 9.63. The van der Waals surface area contributed by atoms with E-state index in [0.717, 1.165) is 89.9 Å². The van der Waals surface area contributed by atoms with Gasteiger partial charge in [-0.25, -0.2) is 14.4 Å². The lowest BCUT2D eigenvalue weighted by molar-refractivity contribution is -0.153. The second-order valence-corrected chi connectivity index (χ2v) is 21.4. The minimum absolute atomic E-state index is 0.0410. The minimum atomic E-state index is -1.01. The van der Waals surface area contributed by atoms with Crippen molar-refractivity contribution in [1.82, 2.24) is 49.3 Å². The number of carbonyl (C=O) groups excluding carboxylic acids is 5. The lowest BCUT2D eigenvalue weighted by atomic mass is 10.0. The zero-order valence-electron chi connectivity index (χ0n) is 54.1. The van der Waals surface area contributed by atoms with Crippen LogP contribution in [0.4, 0.5) is 0 Å². The molecule has 0 saturated carbocycles. The van der Waals surface area contributed by atoms with Gasteiger partial charge in [0, 0.05) is 87.0 Å². The first kappa shape index (κ1) is 70.0. The number of hydrogen-bond donors (Lipinski definition) is 2. The number of nitrogens with zero attached hydrogens (tertiary/aromatic N) is 10. The standard InChI is InChI=1S/C25H24N4O.C13H15N3.C13H14N2O2.C12H12O4.C11H10N2O2/c1-17-13-19(16-27-25(17)21-11-12-26-18(2)14-21)9-10-24(30)22-15-23(29(3)28-22)20-7-5-4-6-8-20;1-9-5-11(7-14)8-16-13(9)12-3-4-15-10(2)6-12;1-3-17-13(16)11-9-12(15(2)14-11)10-7-5-4-6-8-10;1-2-16-12(15)11(14)8-10(13)9-6-4-3-5-7-9;1-13-10(7-9(12-13)11(14)15)8-5-3-2-4-6-8/h4-8,11-16H,9-10H2,1-3H3;3-6,8H,7,14H2,1-2H3;4-9H,3H2,1-2H3;3-7H,2,8H2,1H3;2-7H,1H3,(H,14,15). The molecular formula is C74H75N11O9. The maximum absolute atomic E-state index is 12.7. The second-order valence-electron chi connectivity index (χ2n) is 21.4. The maximum atomic E-state index is 12.7. The topological polar surface area (TPSA) is 272 Å². The fourth-order valence-corrected chi connectivity index (χ4v) is 9.63. The number of hydrogen-bond acceptors (Lipinski definition) is 16. The molecule has 480 valence electrons. The van der Waals surface area contributed by atoms with Crippen LogP contribution in [0.5, 0.6) is 0 Å². The molecule has 20 nitrogen and oxygen atoms in total.